The zero-order valence-corrected chi connectivity index (χ0v) is 11.3. The normalized spacial score (nSPS) is 12.3. The van der Waals surface area contributed by atoms with Gasteiger partial charge in [0, 0.05) is 10.4 Å². The Morgan fingerprint density at radius 3 is 2.28 bits per heavy atom. The van der Waals surface area contributed by atoms with Crippen LogP contribution in [0.25, 0.3) is 0 Å². The van der Waals surface area contributed by atoms with Gasteiger partial charge in [-0.25, -0.2) is 0 Å². The summed E-state index contributed by atoms with van der Waals surface area (Å²) in [6.07, 6.45) is 0. The Morgan fingerprint density at radius 1 is 1.06 bits per heavy atom. The van der Waals surface area contributed by atoms with Crippen LogP contribution in [0, 0.1) is 0 Å². The van der Waals surface area contributed by atoms with E-state index in [1.54, 1.807) is 12.1 Å². The maximum atomic E-state index is 13.3. The molecule has 2 nitrogen and oxygen atoms in total. The Bertz CT molecular complexity index is 543. The summed E-state index contributed by atoms with van der Waals surface area (Å²) in [4.78, 5) is 0. The molecule has 94 valence electrons. The predicted octanol–water partition coefficient (Wildman–Crippen LogP) is 3.71. The molecule has 0 saturated heterocycles. The molecule has 4 heteroatoms. The molecule has 2 rings (SSSR count). The fraction of sp³-hybridized carbons (Fsp3) is 0.143. The number of hydrogen-bond acceptors (Lipinski definition) is 2. The van der Waals surface area contributed by atoms with Crippen LogP contribution >= 0.6 is 15.9 Å². The average Bonchev–Trinajstić information content (AvgIpc) is 2.38. The second-order valence-corrected chi connectivity index (χ2v) is 4.97. The average molecular weight is 309 g/mol. The van der Waals surface area contributed by atoms with E-state index in [9.17, 15) is 4.39 Å². The third-order valence-electron chi connectivity index (χ3n) is 2.93. The van der Waals surface area contributed by atoms with Crippen molar-refractivity contribution in [3.05, 3.63) is 58.1 Å². The lowest BCUT2D eigenvalue weighted by Crippen LogP contribution is -2.06. The van der Waals surface area contributed by atoms with Crippen LogP contribution < -0.4 is 11.5 Å². The summed E-state index contributed by atoms with van der Waals surface area (Å²) in [6.45, 7) is -0.480. The van der Waals surface area contributed by atoms with E-state index in [1.165, 1.54) is 0 Å². The van der Waals surface area contributed by atoms with Crippen molar-refractivity contribution in [2.75, 3.05) is 18.1 Å². The van der Waals surface area contributed by atoms with Gasteiger partial charge in [-0.15, -0.1) is 0 Å². The Balaban J connectivity index is 2.49. The van der Waals surface area contributed by atoms with Gasteiger partial charge < -0.3 is 11.5 Å². The van der Waals surface area contributed by atoms with E-state index in [1.807, 2.05) is 30.3 Å². The first-order valence-electron chi connectivity index (χ1n) is 5.58. The number of benzene rings is 2. The summed E-state index contributed by atoms with van der Waals surface area (Å²) in [5, 5.41) is 0. The van der Waals surface area contributed by atoms with E-state index < -0.39 is 6.67 Å². The van der Waals surface area contributed by atoms with Crippen molar-refractivity contribution < 1.29 is 4.39 Å². The van der Waals surface area contributed by atoms with Gasteiger partial charge in [0.05, 0.1) is 11.4 Å². The molecule has 0 spiro atoms. The van der Waals surface area contributed by atoms with Crippen molar-refractivity contribution in [3.8, 4) is 0 Å². The summed E-state index contributed by atoms with van der Waals surface area (Å²) < 4.78 is 14.1. The molecule has 0 aliphatic heterocycles. The SMILES string of the molecule is Nc1cc(Br)c(C(CF)c2ccccc2)cc1N. The Kier molecular flexibility index (Phi) is 3.87. The van der Waals surface area contributed by atoms with Crippen molar-refractivity contribution >= 4 is 27.3 Å². The van der Waals surface area contributed by atoms with Crippen molar-refractivity contribution in [1.82, 2.24) is 0 Å². The van der Waals surface area contributed by atoms with Crippen LogP contribution in [0.15, 0.2) is 46.9 Å². The zero-order chi connectivity index (χ0) is 13.1. The van der Waals surface area contributed by atoms with Gasteiger partial charge in [-0.3, -0.25) is 4.39 Å². The Morgan fingerprint density at radius 2 is 1.67 bits per heavy atom. The van der Waals surface area contributed by atoms with E-state index in [-0.39, 0.29) is 5.92 Å². The molecule has 2 aromatic carbocycles. The number of nitrogen functional groups attached to an aromatic ring is 2. The first-order chi connectivity index (χ1) is 8.63. The van der Waals surface area contributed by atoms with Gasteiger partial charge in [0.1, 0.15) is 6.67 Å². The van der Waals surface area contributed by atoms with E-state index in [0.717, 1.165) is 15.6 Å². The summed E-state index contributed by atoms with van der Waals surface area (Å²) in [5.74, 6) is -0.330. The molecule has 0 saturated carbocycles. The molecule has 0 heterocycles. The first kappa shape index (κ1) is 12.9. The fourth-order valence-corrected chi connectivity index (χ4v) is 2.56. The molecule has 0 bridgehead atoms. The quantitative estimate of drug-likeness (QED) is 0.849. The highest BCUT2D eigenvalue weighted by atomic mass is 79.9. The maximum absolute atomic E-state index is 13.3. The molecule has 18 heavy (non-hydrogen) atoms. The maximum Gasteiger partial charge on any atom is 0.100 e. The minimum atomic E-state index is -0.480. The first-order valence-corrected chi connectivity index (χ1v) is 6.38. The second kappa shape index (κ2) is 5.40. The Labute approximate surface area is 114 Å². The van der Waals surface area contributed by atoms with E-state index >= 15 is 0 Å². The van der Waals surface area contributed by atoms with Crippen molar-refractivity contribution in [2.24, 2.45) is 0 Å². The molecule has 0 aliphatic rings. The number of halogens is 2. The molecular formula is C14H14BrFN2. The molecule has 0 radical (unpaired) electrons. The van der Waals surface area contributed by atoms with Crippen LogP contribution in [0.2, 0.25) is 0 Å². The second-order valence-electron chi connectivity index (χ2n) is 4.12. The van der Waals surface area contributed by atoms with Gasteiger partial charge in [-0.1, -0.05) is 46.3 Å². The van der Waals surface area contributed by atoms with Crippen LogP contribution in [0.4, 0.5) is 15.8 Å². The van der Waals surface area contributed by atoms with Crippen molar-refractivity contribution in [2.45, 2.75) is 5.92 Å². The van der Waals surface area contributed by atoms with E-state index in [0.29, 0.717) is 11.4 Å². The summed E-state index contributed by atoms with van der Waals surface area (Å²) >= 11 is 3.42. The molecule has 4 N–H and O–H groups in total. The van der Waals surface area contributed by atoms with Crippen LogP contribution in [-0.2, 0) is 0 Å². The smallest absolute Gasteiger partial charge is 0.100 e. The Hall–Kier alpha value is -1.55. The van der Waals surface area contributed by atoms with E-state index in [4.69, 9.17) is 11.5 Å². The van der Waals surface area contributed by atoms with Crippen LogP contribution in [0.3, 0.4) is 0 Å². The van der Waals surface area contributed by atoms with Gasteiger partial charge in [0.15, 0.2) is 0 Å². The molecule has 1 atom stereocenters. The lowest BCUT2D eigenvalue weighted by atomic mass is 9.92. The van der Waals surface area contributed by atoms with Gasteiger partial charge >= 0.3 is 0 Å². The van der Waals surface area contributed by atoms with Gasteiger partial charge in [-0.05, 0) is 23.3 Å². The molecular weight excluding hydrogens is 295 g/mol. The number of nitrogens with two attached hydrogens (primary N) is 2. The number of rotatable bonds is 3. The highest BCUT2D eigenvalue weighted by Crippen LogP contribution is 2.34. The molecule has 0 aliphatic carbocycles. The van der Waals surface area contributed by atoms with Crippen molar-refractivity contribution in [3.63, 3.8) is 0 Å². The minimum absolute atomic E-state index is 0.330. The standard InChI is InChI=1S/C14H14BrFN2/c15-12-7-14(18)13(17)6-10(12)11(8-16)9-4-2-1-3-5-9/h1-7,11H,8,17-18H2. The molecule has 0 fully saturated rings. The third-order valence-corrected chi connectivity index (χ3v) is 3.62. The minimum Gasteiger partial charge on any atom is -0.397 e. The summed E-state index contributed by atoms with van der Waals surface area (Å²) in [7, 11) is 0. The van der Waals surface area contributed by atoms with Crippen molar-refractivity contribution in [1.29, 1.82) is 0 Å². The topological polar surface area (TPSA) is 52.0 Å². The van der Waals surface area contributed by atoms with E-state index in [2.05, 4.69) is 15.9 Å². The zero-order valence-electron chi connectivity index (χ0n) is 9.74. The molecule has 2 aromatic rings. The van der Waals surface area contributed by atoms with Crippen LogP contribution in [0.1, 0.15) is 17.0 Å². The highest BCUT2D eigenvalue weighted by Gasteiger charge is 2.17. The number of hydrogen-bond donors (Lipinski definition) is 2. The van der Waals surface area contributed by atoms with Crippen LogP contribution in [0.5, 0.6) is 0 Å². The lowest BCUT2D eigenvalue weighted by Gasteiger charge is -2.17. The summed E-state index contributed by atoms with van der Waals surface area (Å²) in [5.41, 5.74) is 14.2. The number of alkyl halides is 1. The largest absolute Gasteiger partial charge is 0.397 e. The van der Waals surface area contributed by atoms with Gasteiger partial charge in [0.2, 0.25) is 0 Å². The molecule has 1 unspecified atom stereocenters. The van der Waals surface area contributed by atoms with Gasteiger partial charge in [-0.2, -0.15) is 0 Å². The highest BCUT2D eigenvalue weighted by molar-refractivity contribution is 9.10. The van der Waals surface area contributed by atoms with Gasteiger partial charge in [0.25, 0.3) is 0 Å². The fourth-order valence-electron chi connectivity index (χ4n) is 1.93. The summed E-state index contributed by atoms with van der Waals surface area (Å²) in [6, 6.07) is 13.0. The number of anilines is 2. The molecule has 0 amide bonds. The van der Waals surface area contributed by atoms with Crippen LogP contribution in [-0.4, -0.2) is 6.67 Å². The lowest BCUT2D eigenvalue weighted by molar-refractivity contribution is 0.460. The predicted molar refractivity (Wildman–Crippen MR) is 77.2 cm³/mol. The molecule has 0 aromatic heterocycles. The monoisotopic (exact) mass is 308 g/mol. The third kappa shape index (κ3) is 2.48.